The van der Waals surface area contributed by atoms with Crippen LogP contribution in [0, 0.1) is 0 Å². The standard InChI is InChI=1S/C13H16F3N3O/c1-12(2,20-3)7-19-10-5-4-8(13(14,15)16)6-9(10)18-11(19)17/h4-6H,7H2,1-3H3,(H2,17,18). The van der Waals surface area contributed by atoms with Crippen LogP contribution in [-0.2, 0) is 17.5 Å². The highest BCUT2D eigenvalue weighted by atomic mass is 19.4. The Labute approximate surface area is 114 Å². The third-order valence-corrected chi connectivity index (χ3v) is 3.20. The minimum atomic E-state index is -4.39. The van der Waals surface area contributed by atoms with E-state index in [-0.39, 0.29) is 11.5 Å². The average molecular weight is 287 g/mol. The van der Waals surface area contributed by atoms with Crippen molar-refractivity contribution in [3.8, 4) is 0 Å². The van der Waals surface area contributed by atoms with Gasteiger partial charge in [-0.15, -0.1) is 0 Å². The molecule has 0 saturated carbocycles. The SMILES string of the molecule is COC(C)(C)Cn1c(N)nc2cc(C(F)(F)F)ccc21. The molecular weight excluding hydrogens is 271 g/mol. The van der Waals surface area contributed by atoms with Gasteiger partial charge in [0.25, 0.3) is 0 Å². The number of imidazole rings is 1. The molecule has 0 unspecified atom stereocenters. The first-order valence-corrected chi connectivity index (χ1v) is 6.02. The Bertz CT molecular complexity index is 632. The molecule has 4 nitrogen and oxygen atoms in total. The number of rotatable bonds is 3. The highest BCUT2D eigenvalue weighted by Gasteiger charge is 2.31. The molecule has 0 aliphatic heterocycles. The van der Waals surface area contributed by atoms with E-state index < -0.39 is 17.3 Å². The first-order valence-electron chi connectivity index (χ1n) is 6.02. The molecule has 0 fully saturated rings. The summed E-state index contributed by atoms with van der Waals surface area (Å²) >= 11 is 0. The smallest absolute Gasteiger partial charge is 0.377 e. The molecule has 0 bridgehead atoms. The van der Waals surface area contributed by atoms with Crippen molar-refractivity contribution in [2.24, 2.45) is 0 Å². The van der Waals surface area contributed by atoms with Crippen LogP contribution < -0.4 is 5.73 Å². The zero-order valence-corrected chi connectivity index (χ0v) is 11.5. The van der Waals surface area contributed by atoms with E-state index >= 15 is 0 Å². The second kappa shape index (κ2) is 4.66. The number of hydrogen-bond donors (Lipinski definition) is 1. The largest absolute Gasteiger partial charge is 0.416 e. The lowest BCUT2D eigenvalue weighted by atomic mass is 10.1. The third-order valence-electron chi connectivity index (χ3n) is 3.20. The Morgan fingerprint density at radius 1 is 1.30 bits per heavy atom. The molecule has 0 amide bonds. The van der Waals surface area contributed by atoms with Crippen molar-refractivity contribution in [3.05, 3.63) is 23.8 Å². The van der Waals surface area contributed by atoms with Gasteiger partial charge in [-0.25, -0.2) is 4.98 Å². The maximum atomic E-state index is 12.7. The molecular formula is C13H16F3N3O. The van der Waals surface area contributed by atoms with Crippen LogP contribution in [0.25, 0.3) is 11.0 Å². The molecule has 2 aromatic rings. The summed E-state index contributed by atoms with van der Waals surface area (Å²) in [6.07, 6.45) is -4.39. The highest BCUT2D eigenvalue weighted by Crippen LogP contribution is 2.32. The lowest BCUT2D eigenvalue weighted by molar-refractivity contribution is -0.137. The van der Waals surface area contributed by atoms with Gasteiger partial charge in [-0.05, 0) is 32.0 Å². The van der Waals surface area contributed by atoms with Gasteiger partial charge in [0.15, 0.2) is 0 Å². The monoisotopic (exact) mass is 287 g/mol. The minimum absolute atomic E-state index is 0.171. The lowest BCUT2D eigenvalue weighted by Gasteiger charge is -2.24. The number of halogens is 3. The zero-order chi connectivity index (χ0) is 15.1. The van der Waals surface area contributed by atoms with Crippen molar-refractivity contribution in [2.45, 2.75) is 32.2 Å². The van der Waals surface area contributed by atoms with Gasteiger partial charge in [-0.2, -0.15) is 13.2 Å². The molecule has 1 aromatic heterocycles. The Morgan fingerprint density at radius 3 is 2.50 bits per heavy atom. The number of aromatic nitrogens is 2. The molecule has 110 valence electrons. The van der Waals surface area contributed by atoms with Crippen LogP contribution in [0.15, 0.2) is 18.2 Å². The number of methoxy groups -OCH3 is 1. The van der Waals surface area contributed by atoms with Crippen molar-refractivity contribution in [3.63, 3.8) is 0 Å². The average Bonchev–Trinajstić information content (AvgIpc) is 2.64. The number of nitrogens with two attached hydrogens (primary N) is 1. The Hall–Kier alpha value is -1.76. The van der Waals surface area contributed by atoms with E-state index in [0.29, 0.717) is 12.1 Å². The van der Waals surface area contributed by atoms with Crippen molar-refractivity contribution in [1.29, 1.82) is 0 Å². The molecule has 1 heterocycles. The van der Waals surface area contributed by atoms with Crippen molar-refractivity contribution >= 4 is 17.0 Å². The molecule has 1 aromatic carbocycles. The summed E-state index contributed by atoms with van der Waals surface area (Å²) in [5.74, 6) is 0.171. The number of anilines is 1. The van der Waals surface area contributed by atoms with Crippen LogP contribution in [-0.4, -0.2) is 22.3 Å². The fourth-order valence-corrected chi connectivity index (χ4v) is 1.94. The lowest BCUT2D eigenvalue weighted by Crippen LogP contribution is -2.29. The van der Waals surface area contributed by atoms with Gasteiger partial charge in [0.05, 0.1) is 28.7 Å². The predicted molar refractivity (Wildman–Crippen MR) is 70.2 cm³/mol. The quantitative estimate of drug-likeness (QED) is 0.944. The summed E-state index contributed by atoms with van der Waals surface area (Å²) in [6.45, 7) is 4.13. The normalized spacial score (nSPS) is 13.1. The maximum Gasteiger partial charge on any atom is 0.416 e. The molecule has 0 saturated heterocycles. The van der Waals surface area contributed by atoms with Gasteiger partial charge in [-0.3, -0.25) is 0 Å². The molecule has 20 heavy (non-hydrogen) atoms. The van der Waals surface area contributed by atoms with Gasteiger partial charge in [0.1, 0.15) is 0 Å². The van der Waals surface area contributed by atoms with Crippen molar-refractivity contribution in [1.82, 2.24) is 9.55 Å². The van der Waals surface area contributed by atoms with Crippen LogP contribution in [0.2, 0.25) is 0 Å². The summed E-state index contributed by atoms with van der Waals surface area (Å²) < 4.78 is 44.9. The van der Waals surface area contributed by atoms with Crippen LogP contribution >= 0.6 is 0 Å². The van der Waals surface area contributed by atoms with E-state index in [1.54, 1.807) is 11.7 Å². The van der Waals surface area contributed by atoms with Crippen LogP contribution in [0.3, 0.4) is 0 Å². The van der Waals surface area contributed by atoms with Crippen LogP contribution in [0.5, 0.6) is 0 Å². The van der Waals surface area contributed by atoms with Gasteiger partial charge >= 0.3 is 6.18 Å². The summed E-state index contributed by atoms with van der Waals surface area (Å²) in [5.41, 5.74) is 5.34. The first kappa shape index (κ1) is 14.6. The number of benzene rings is 1. The van der Waals surface area contributed by atoms with E-state index in [0.717, 1.165) is 12.1 Å². The van der Waals surface area contributed by atoms with Gasteiger partial charge in [0.2, 0.25) is 5.95 Å². The van der Waals surface area contributed by atoms with E-state index in [2.05, 4.69) is 4.98 Å². The summed E-state index contributed by atoms with van der Waals surface area (Å²) in [6, 6.07) is 3.41. The number of fused-ring (bicyclic) bond motifs is 1. The third kappa shape index (κ3) is 2.72. The Kier molecular flexibility index (Phi) is 3.41. The fourth-order valence-electron chi connectivity index (χ4n) is 1.94. The van der Waals surface area contributed by atoms with Gasteiger partial charge in [-0.1, -0.05) is 0 Å². The second-order valence-corrected chi connectivity index (χ2v) is 5.22. The molecule has 0 spiro atoms. The van der Waals surface area contributed by atoms with Crippen molar-refractivity contribution in [2.75, 3.05) is 12.8 Å². The highest BCUT2D eigenvalue weighted by molar-refractivity contribution is 5.79. The molecule has 7 heteroatoms. The predicted octanol–water partition coefficient (Wildman–Crippen LogP) is 3.06. The number of ether oxygens (including phenoxy) is 1. The Morgan fingerprint density at radius 2 is 1.95 bits per heavy atom. The zero-order valence-electron chi connectivity index (χ0n) is 11.5. The first-order chi connectivity index (χ1) is 9.14. The summed E-state index contributed by atoms with van der Waals surface area (Å²) in [5, 5.41) is 0. The maximum absolute atomic E-state index is 12.7. The van der Waals surface area contributed by atoms with Crippen molar-refractivity contribution < 1.29 is 17.9 Å². The van der Waals surface area contributed by atoms with E-state index in [1.807, 2.05) is 13.8 Å². The fraction of sp³-hybridized carbons (Fsp3) is 0.462. The minimum Gasteiger partial charge on any atom is -0.377 e. The number of alkyl halides is 3. The number of nitrogen functional groups attached to an aromatic ring is 1. The van der Waals surface area contributed by atoms with Gasteiger partial charge in [0, 0.05) is 7.11 Å². The second-order valence-electron chi connectivity index (χ2n) is 5.22. The molecule has 0 aliphatic carbocycles. The molecule has 2 N–H and O–H groups in total. The Balaban J connectivity index is 2.51. The number of hydrogen-bond acceptors (Lipinski definition) is 3. The van der Waals surface area contributed by atoms with Crippen LogP contribution in [0.1, 0.15) is 19.4 Å². The summed E-state index contributed by atoms with van der Waals surface area (Å²) in [7, 11) is 1.57. The number of nitrogens with zero attached hydrogens (tertiary/aromatic N) is 2. The van der Waals surface area contributed by atoms with Gasteiger partial charge < -0.3 is 15.0 Å². The van der Waals surface area contributed by atoms with E-state index in [1.165, 1.54) is 6.07 Å². The molecule has 0 atom stereocenters. The van der Waals surface area contributed by atoms with Crippen LogP contribution in [0.4, 0.5) is 19.1 Å². The molecule has 2 rings (SSSR count). The molecule has 0 aliphatic rings. The van der Waals surface area contributed by atoms with E-state index in [9.17, 15) is 13.2 Å². The summed E-state index contributed by atoms with van der Waals surface area (Å²) in [4.78, 5) is 3.99. The molecule has 0 radical (unpaired) electrons. The van der Waals surface area contributed by atoms with E-state index in [4.69, 9.17) is 10.5 Å². The topological polar surface area (TPSA) is 53.1 Å².